The van der Waals surface area contributed by atoms with Crippen molar-refractivity contribution in [3.8, 4) is 11.1 Å². The Balaban J connectivity index is 2.33. The van der Waals surface area contributed by atoms with Crippen molar-refractivity contribution in [2.24, 2.45) is 10.9 Å². The second-order valence-corrected chi connectivity index (χ2v) is 8.92. The van der Waals surface area contributed by atoms with Crippen molar-refractivity contribution in [2.75, 3.05) is 5.73 Å². The summed E-state index contributed by atoms with van der Waals surface area (Å²) >= 11 is 7.03. The van der Waals surface area contributed by atoms with Crippen LogP contribution in [0, 0.1) is 0 Å². The molecule has 0 unspecified atom stereocenters. The fourth-order valence-corrected chi connectivity index (χ4v) is 5.08. The van der Waals surface area contributed by atoms with Gasteiger partial charge in [-0.2, -0.15) is 0 Å². The number of nitrogen functional groups attached to an aromatic ring is 1. The second-order valence-electron chi connectivity index (χ2n) is 5.87. The maximum absolute atomic E-state index is 12.3. The third-order valence-corrected chi connectivity index (χ3v) is 6.37. The first-order chi connectivity index (χ1) is 13.2. The van der Waals surface area contributed by atoms with Gasteiger partial charge in [0.25, 0.3) is 5.91 Å². The first kappa shape index (κ1) is 20.2. The van der Waals surface area contributed by atoms with Crippen LogP contribution in [-0.2, 0) is 10.0 Å². The summed E-state index contributed by atoms with van der Waals surface area (Å²) in [4.78, 5) is 12.7. The highest BCUT2D eigenvalue weighted by molar-refractivity contribution is 8.00. The van der Waals surface area contributed by atoms with Crippen molar-refractivity contribution in [3.05, 3.63) is 71.2 Å². The van der Waals surface area contributed by atoms with Crippen molar-refractivity contribution < 1.29 is 13.2 Å². The fourth-order valence-electron chi connectivity index (χ4n) is 2.74. The van der Waals surface area contributed by atoms with Crippen LogP contribution in [0.25, 0.3) is 11.1 Å². The van der Waals surface area contributed by atoms with Gasteiger partial charge in [0, 0.05) is 20.4 Å². The van der Waals surface area contributed by atoms with E-state index in [2.05, 4.69) is 0 Å². The predicted octanol–water partition coefficient (Wildman–Crippen LogP) is 3.49. The summed E-state index contributed by atoms with van der Waals surface area (Å²) < 4.78 is 24.6. The maximum atomic E-state index is 12.3. The zero-order valence-corrected chi connectivity index (χ0v) is 16.8. The Bertz CT molecular complexity index is 1150. The molecule has 3 aromatic carbocycles. The highest BCUT2D eigenvalue weighted by atomic mass is 35.5. The Morgan fingerprint density at radius 2 is 1.61 bits per heavy atom. The maximum Gasteiger partial charge on any atom is 0.252 e. The van der Waals surface area contributed by atoms with Crippen molar-refractivity contribution in [1.82, 2.24) is 0 Å². The van der Waals surface area contributed by atoms with Crippen LogP contribution < -0.4 is 16.6 Å². The number of halogens is 1. The number of hydrogen-bond acceptors (Lipinski definition) is 5. The lowest BCUT2D eigenvalue weighted by Crippen LogP contribution is -2.23. The van der Waals surface area contributed by atoms with E-state index in [9.17, 15) is 13.2 Å². The van der Waals surface area contributed by atoms with Crippen molar-refractivity contribution >= 4 is 45.0 Å². The van der Waals surface area contributed by atoms with Gasteiger partial charge in [-0.25, -0.2) is 13.6 Å². The molecule has 0 aromatic heterocycles. The number of nitrogens with two attached hydrogens (primary N) is 3. The van der Waals surface area contributed by atoms with Crippen LogP contribution in [0.4, 0.5) is 5.69 Å². The first-order valence-corrected chi connectivity index (χ1v) is 10.7. The average molecular weight is 434 g/mol. The molecule has 28 heavy (non-hydrogen) atoms. The SMILES string of the molecule is NC(=O)c1c(N)c(-c2ccccc2)cc(Sc2ccc(Cl)cc2)c1S(N)(=O)=O. The van der Waals surface area contributed by atoms with Gasteiger partial charge in [0.1, 0.15) is 4.90 Å². The third kappa shape index (κ3) is 4.15. The normalized spacial score (nSPS) is 11.4. The summed E-state index contributed by atoms with van der Waals surface area (Å²) in [5.74, 6) is -0.975. The highest BCUT2D eigenvalue weighted by Crippen LogP contribution is 2.41. The molecule has 0 saturated carbocycles. The molecule has 0 fully saturated rings. The molecule has 0 heterocycles. The summed E-state index contributed by atoms with van der Waals surface area (Å²) in [5, 5.41) is 5.94. The van der Waals surface area contributed by atoms with Crippen LogP contribution in [0.3, 0.4) is 0 Å². The Morgan fingerprint density at radius 1 is 1.00 bits per heavy atom. The number of sulfonamides is 1. The second kappa shape index (κ2) is 7.84. The summed E-state index contributed by atoms with van der Waals surface area (Å²) in [7, 11) is -4.29. The lowest BCUT2D eigenvalue weighted by atomic mass is 10.00. The van der Waals surface area contributed by atoms with E-state index < -0.39 is 20.8 Å². The molecule has 0 spiro atoms. The van der Waals surface area contributed by atoms with Crippen LogP contribution >= 0.6 is 23.4 Å². The smallest absolute Gasteiger partial charge is 0.252 e. The zero-order chi connectivity index (χ0) is 20.5. The molecule has 3 rings (SSSR count). The number of rotatable bonds is 5. The molecule has 0 saturated heterocycles. The number of amides is 1. The molecule has 0 atom stereocenters. The van der Waals surface area contributed by atoms with Gasteiger partial charge < -0.3 is 11.5 Å². The number of carbonyl (C=O) groups excluding carboxylic acids is 1. The van der Waals surface area contributed by atoms with E-state index in [1.54, 1.807) is 54.6 Å². The highest BCUT2D eigenvalue weighted by Gasteiger charge is 2.28. The summed E-state index contributed by atoms with van der Waals surface area (Å²) in [6.45, 7) is 0. The number of carbonyl (C=O) groups is 1. The summed E-state index contributed by atoms with van der Waals surface area (Å²) in [6.07, 6.45) is 0. The van der Waals surface area contributed by atoms with E-state index in [0.717, 1.165) is 11.8 Å². The fraction of sp³-hybridized carbons (Fsp3) is 0. The van der Waals surface area contributed by atoms with Gasteiger partial charge in [-0.05, 0) is 35.9 Å². The van der Waals surface area contributed by atoms with Crippen molar-refractivity contribution in [3.63, 3.8) is 0 Å². The van der Waals surface area contributed by atoms with Crippen LogP contribution in [0.2, 0.25) is 5.02 Å². The van der Waals surface area contributed by atoms with Crippen molar-refractivity contribution in [2.45, 2.75) is 14.7 Å². The van der Waals surface area contributed by atoms with Gasteiger partial charge in [0.2, 0.25) is 10.0 Å². The van der Waals surface area contributed by atoms with E-state index in [1.165, 1.54) is 0 Å². The van der Waals surface area contributed by atoms with Crippen LogP contribution in [0.5, 0.6) is 0 Å². The lowest BCUT2D eigenvalue weighted by molar-refractivity contribution is 0.0997. The number of anilines is 1. The molecule has 0 radical (unpaired) electrons. The number of hydrogen-bond donors (Lipinski definition) is 3. The molecular formula is C19H16ClN3O3S2. The first-order valence-electron chi connectivity index (χ1n) is 7.96. The standard InChI is InChI=1S/C19H16ClN3O3S2/c20-12-6-8-13(9-7-12)27-15-10-14(11-4-2-1-3-5-11)17(21)16(19(22)24)18(15)28(23,25)26/h1-10H,21H2,(H2,22,24)(H2,23,25,26). The van der Waals surface area contributed by atoms with Gasteiger partial charge in [0.05, 0.1) is 11.3 Å². The molecule has 0 aliphatic rings. The van der Waals surface area contributed by atoms with Gasteiger partial charge in [-0.3, -0.25) is 4.79 Å². The minimum Gasteiger partial charge on any atom is -0.398 e. The quantitative estimate of drug-likeness (QED) is 0.530. The zero-order valence-electron chi connectivity index (χ0n) is 14.4. The van der Waals surface area contributed by atoms with E-state index >= 15 is 0 Å². The van der Waals surface area contributed by atoms with Crippen LogP contribution in [0.1, 0.15) is 10.4 Å². The van der Waals surface area contributed by atoms with E-state index in [0.29, 0.717) is 21.0 Å². The molecule has 0 bridgehead atoms. The van der Waals surface area contributed by atoms with Gasteiger partial charge >= 0.3 is 0 Å². The molecule has 9 heteroatoms. The molecule has 6 nitrogen and oxygen atoms in total. The van der Waals surface area contributed by atoms with Gasteiger partial charge in [-0.1, -0.05) is 53.7 Å². The number of benzene rings is 3. The van der Waals surface area contributed by atoms with Crippen LogP contribution in [0.15, 0.2) is 75.4 Å². The molecule has 3 aromatic rings. The van der Waals surface area contributed by atoms with E-state index in [4.69, 9.17) is 28.2 Å². The van der Waals surface area contributed by atoms with E-state index in [1.807, 2.05) is 6.07 Å². The summed E-state index contributed by atoms with van der Waals surface area (Å²) in [6, 6.07) is 17.4. The number of primary amides is 1. The van der Waals surface area contributed by atoms with Crippen LogP contribution in [-0.4, -0.2) is 14.3 Å². The predicted molar refractivity (Wildman–Crippen MR) is 112 cm³/mol. The number of primary sulfonamides is 1. The Morgan fingerprint density at radius 3 is 2.14 bits per heavy atom. The molecule has 0 aliphatic carbocycles. The molecule has 1 amide bonds. The Kier molecular flexibility index (Phi) is 5.66. The minimum absolute atomic E-state index is 0.0387. The largest absolute Gasteiger partial charge is 0.398 e. The molecule has 144 valence electrons. The molecule has 6 N–H and O–H groups in total. The molecular weight excluding hydrogens is 418 g/mol. The topological polar surface area (TPSA) is 129 Å². The minimum atomic E-state index is -4.29. The Labute approximate surface area is 171 Å². The molecule has 0 aliphatic heterocycles. The van der Waals surface area contributed by atoms with Gasteiger partial charge in [-0.15, -0.1) is 0 Å². The third-order valence-electron chi connectivity index (χ3n) is 3.94. The van der Waals surface area contributed by atoms with Gasteiger partial charge in [0.15, 0.2) is 0 Å². The van der Waals surface area contributed by atoms with E-state index in [-0.39, 0.29) is 16.1 Å². The Hall–Kier alpha value is -2.52. The summed E-state index contributed by atoms with van der Waals surface area (Å²) in [5.41, 5.74) is 12.5. The van der Waals surface area contributed by atoms with Crippen molar-refractivity contribution in [1.29, 1.82) is 0 Å². The average Bonchev–Trinajstić information content (AvgIpc) is 2.64. The lowest BCUT2D eigenvalue weighted by Gasteiger charge is -2.17. The monoisotopic (exact) mass is 433 g/mol.